The Balaban J connectivity index is 1.18. The van der Waals surface area contributed by atoms with E-state index >= 15 is 0 Å². The minimum atomic E-state index is 1.11. The summed E-state index contributed by atoms with van der Waals surface area (Å²) in [6.45, 7) is 0. The highest BCUT2D eigenvalue weighted by atomic mass is 15.1. The highest BCUT2D eigenvalue weighted by Gasteiger charge is 2.20. The van der Waals surface area contributed by atoms with E-state index in [9.17, 15) is 0 Å². The Morgan fingerprint density at radius 2 is 0.719 bits per heavy atom. The molecule has 0 amide bonds. The second-order valence-corrected chi connectivity index (χ2v) is 15.3. The van der Waals surface area contributed by atoms with Gasteiger partial charge in [-0.2, -0.15) is 0 Å². The summed E-state index contributed by atoms with van der Waals surface area (Å²) >= 11 is 0. The van der Waals surface area contributed by atoms with Crippen LogP contribution in [0.25, 0.3) is 97.7 Å². The third kappa shape index (κ3) is 4.96. The van der Waals surface area contributed by atoms with Crippen molar-refractivity contribution in [3.63, 3.8) is 0 Å². The lowest BCUT2D eigenvalue weighted by Crippen LogP contribution is -2.10. The van der Waals surface area contributed by atoms with Gasteiger partial charge in [0.1, 0.15) is 0 Å². The van der Waals surface area contributed by atoms with Gasteiger partial charge in [0.05, 0.1) is 0 Å². The highest BCUT2D eigenvalue weighted by molar-refractivity contribution is 6.37. The molecular formula is C56H35N. The van der Waals surface area contributed by atoms with Crippen molar-refractivity contribution in [3.8, 4) is 22.3 Å². The fourth-order valence-corrected chi connectivity index (χ4v) is 9.57. The zero-order valence-electron chi connectivity index (χ0n) is 31.2. The largest absolute Gasteiger partial charge is 0.310 e. The Morgan fingerprint density at radius 3 is 1.42 bits per heavy atom. The van der Waals surface area contributed by atoms with Gasteiger partial charge in [0.2, 0.25) is 0 Å². The SMILES string of the molecule is c1ccc(-c2ccc(N(c3cccc(-c4cccc5ccccc45)c3)c3cc4ccc5cccc6c7cccc8ccc9cccc(c(c3)c4c56)c9c87)cc2)cc1. The Kier molecular flexibility index (Phi) is 7.00. The molecule has 57 heavy (non-hydrogen) atoms. The van der Waals surface area contributed by atoms with Crippen molar-refractivity contribution in [2.75, 3.05) is 4.90 Å². The number of nitrogens with zero attached hydrogens (tertiary/aromatic N) is 1. The molecule has 12 aromatic rings. The molecule has 0 fully saturated rings. The fourth-order valence-electron chi connectivity index (χ4n) is 9.57. The Labute approximate surface area is 330 Å². The molecule has 0 aromatic heterocycles. The molecule has 1 nitrogen and oxygen atoms in total. The predicted octanol–water partition coefficient (Wildman–Crippen LogP) is 16.0. The highest BCUT2D eigenvalue weighted by Crippen LogP contribution is 2.47. The van der Waals surface area contributed by atoms with Crippen molar-refractivity contribution < 1.29 is 0 Å². The van der Waals surface area contributed by atoms with Gasteiger partial charge in [0, 0.05) is 17.1 Å². The van der Waals surface area contributed by atoms with Crippen LogP contribution >= 0.6 is 0 Å². The number of hydrogen-bond donors (Lipinski definition) is 0. The first-order valence-electron chi connectivity index (χ1n) is 19.8. The van der Waals surface area contributed by atoms with E-state index in [1.54, 1.807) is 0 Å². The molecule has 0 unspecified atom stereocenters. The number of fused-ring (bicyclic) bond motifs is 3. The zero-order valence-corrected chi connectivity index (χ0v) is 31.2. The number of benzene rings is 11. The molecule has 12 rings (SSSR count). The van der Waals surface area contributed by atoms with E-state index in [0.717, 1.165) is 17.1 Å². The van der Waals surface area contributed by atoms with E-state index in [4.69, 9.17) is 0 Å². The van der Waals surface area contributed by atoms with Crippen LogP contribution < -0.4 is 4.90 Å². The van der Waals surface area contributed by atoms with Gasteiger partial charge in [0.25, 0.3) is 0 Å². The molecule has 0 radical (unpaired) electrons. The smallest absolute Gasteiger partial charge is 0.0474 e. The van der Waals surface area contributed by atoms with E-state index in [1.165, 1.54) is 97.7 Å². The topological polar surface area (TPSA) is 3.24 Å². The first-order chi connectivity index (χ1) is 28.3. The summed E-state index contributed by atoms with van der Waals surface area (Å²) < 4.78 is 0. The summed E-state index contributed by atoms with van der Waals surface area (Å²) in [6.07, 6.45) is 0. The normalized spacial score (nSPS) is 11.9. The van der Waals surface area contributed by atoms with Crippen LogP contribution in [0, 0.1) is 0 Å². The van der Waals surface area contributed by atoms with E-state index < -0.39 is 0 Å². The van der Waals surface area contributed by atoms with Crippen LogP contribution in [0.1, 0.15) is 0 Å². The molecule has 0 aliphatic rings. The maximum atomic E-state index is 2.45. The van der Waals surface area contributed by atoms with E-state index in [2.05, 4.69) is 217 Å². The predicted molar refractivity (Wildman–Crippen MR) is 246 cm³/mol. The number of anilines is 3. The first-order valence-corrected chi connectivity index (χ1v) is 19.8. The van der Waals surface area contributed by atoms with Crippen LogP contribution in [0.2, 0.25) is 0 Å². The second-order valence-electron chi connectivity index (χ2n) is 15.3. The molecule has 264 valence electrons. The monoisotopic (exact) mass is 721 g/mol. The molecule has 0 aliphatic heterocycles. The summed E-state index contributed by atoms with van der Waals surface area (Å²) in [6, 6.07) is 78.5. The third-order valence-electron chi connectivity index (χ3n) is 12.1. The Bertz CT molecular complexity index is 3500. The van der Waals surface area contributed by atoms with Crippen molar-refractivity contribution in [2.45, 2.75) is 0 Å². The minimum Gasteiger partial charge on any atom is -0.310 e. The Hall–Kier alpha value is -7.48. The summed E-state index contributed by atoms with van der Waals surface area (Å²) in [5, 5.41) is 17.9. The summed E-state index contributed by atoms with van der Waals surface area (Å²) in [5.74, 6) is 0. The maximum Gasteiger partial charge on any atom is 0.0474 e. The summed E-state index contributed by atoms with van der Waals surface area (Å²) in [4.78, 5) is 2.45. The summed E-state index contributed by atoms with van der Waals surface area (Å²) in [7, 11) is 0. The van der Waals surface area contributed by atoms with Crippen molar-refractivity contribution in [2.24, 2.45) is 0 Å². The molecule has 0 bridgehead atoms. The van der Waals surface area contributed by atoms with Crippen LogP contribution in [-0.2, 0) is 0 Å². The molecule has 0 aliphatic carbocycles. The molecule has 0 N–H and O–H groups in total. The standard InChI is InChI=1S/C56H35N/c1-2-11-36(12-3-1)37-29-31-44(32-30-37)57(45-19-6-18-42(33-45)48-21-7-14-38-13-4-5-20-47(38)48)46-34-43-28-27-41-16-9-23-50-49-22-8-15-39-25-26-40-17-10-24-51(55(40)53(39)49)52(35-46)56(43)54(41)50/h1-35H. The van der Waals surface area contributed by atoms with Crippen molar-refractivity contribution in [1.29, 1.82) is 0 Å². The Morgan fingerprint density at radius 1 is 0.228 bits per heavy atom. The fraction of sp³-hybridized carbons (Fsp3) is 0. The molecule has 0 spiro atoms. The van der Waals surface area contributed by atoms with Crippen molar-refractivity contribution >= 4 is 92.5 Å². The van der Waals surface area contributed by atoms with Gasteiger partial charge in [-0.3, -0.25) is 0 Å². The van der Waals surface area contributed by atoms with Gasteiger partial charge in [-0.1, -0.05) is 176 Å². The summed E-state index contributed by atoms with van der Waals surface area (Å²) in [5.41, 5.74) is 8.16. The third-order valence-corrected chi connectivity index (χ3v) is 12.1. The van der Waals surface area contributed by atoms with E-state index in [-0.39, 0.29) is 0 Å². The minimum absolute atomic E-state index is 1.11. The van der Waals surface area contributed by atoms with Gasteiger partial charge in [-0.15, -0.1) is 0 Å². The molecule has 0 saturated carbocycles. The van der Waals surface area contributed by atoms with Gasteiger partial charge < -0.3 is 4.90 Å². The average molecular weight is 722 g/mol. The molecule has 0 heterocycles. The van der Waals surface area contributed by atoms with Gasteiger partial charge >= 0.3 is 0 Å². The van der Waals surface area contributed by atoms with Crippen LogP contribution in [-0.4, -0.2) is 0 Å². The average Bonchev–Trinajstić information content (AvgIpc) is 3.28. The molecule has 0 saturated heterocycles. The van der Waals surface area contributed by atoms with Crippen molar-refractivity contribution in [3.05, 3.63) is 212 Å². The van der Waals surface area contributed by atoms with Crippen LogP contribution in [0.3, 0.4) is 0 Å². The van der Waals surface area contributed by atoms with Gasteiger partial charge in [-0.25, -0.2) is 0 Å². The van der Waals surface area contributed by atoms with Gasteiger partial charge in [0.15, 0.2) is 0 Å². The molecular weight excluding hydrogens is 687 g/mol. The van der Waals surface area contributed by atoms with E-state index in [0.29, 0.717) is 0 Å². The van der Waals surface area contributed by atoms with E-state index in [1.807, 2.05) is 0 Å². The molecule has 0 atom stereocenters. The van der Waals surface area contributed by atoms with Crippen molar-refractivity contribution in [1.82, 2.24) is 0 Å². The molecule has 12 aromatic carbocycles. The number of rotatable bonds is 5. The van der Waals surface area contributed by atoms with Gasteiger partial charge in [-0.05, 0) is 134 Å². The van der Waals surface area contributed by atoms with Crippen LogP contribution in [0.4, 0.5) is 17.1 Å². The van der Waals surface area contributed by atoms with Crippen LogP contribution in [0.5, 0.6) is 0 Å². The first kappa shape index (κ1) is 31.8. The molecule has 1 heteroatoms. The number of hydrogen-bond acceptors (Lipinski definition) is 1. The lowest BCUT2D eigenvalue weighted by atomic mass is 9.87. The van der Waals surface area contributed by atoms with Crippen LogP contribution in [0.15, 0.2) is 212 Å². The second kappa shape index (κ2) is 12.5. The lowest BCUT2D eigenvalue weighted by molar-refractivity contribution is 1.29. The maximum absolute atomic E-state index is 2.45. The quantitative estimate of drug-likeness (QED) is 0.160. The zero-order chi connectivity index (χ0) is 37.5. The lowest BCUT2D eigenvalue weighted by Gasteiger charge is -2.27.